The molecule has 28 heavy (non-hydrogen) atoms. The van der Waals surface area contributed by atoms with E-state index < -0.39 is 5.97 Å². The van der Waals surface area contributed by atoms with Gasteiger partial charge in [0.2, 0.25) is 5.78 Å². The standard InChI is InChI=1S/C21H20N2O5/c1-4-28-21(25)19-17(14-10-11-15(26-2)16(12-14)27-3)18(22-23-19)20(24)13-8-6-5-7-9-13/h5-12H,4H2,1-3H3,(H,22,23). The molecule has 0 spiro atoms. The van der Waals surface area contributed by atoms with Crippen LogP contribution < -0.4 is 9.47 Å². The van der Waals surface area contributed by atoms with Crippen LogP contribution in [0.4, 0.5) is 0 Å². The summed E-state index contributed by atoms with van der Waals surface area (Å²) in [5.74, 6) is 0.0987. The molecule has 3 rings (SSSR count). The van der Waals surface area contributed by atoms with Gasteiger partial charge in [0, 0.05) is 11.1 Å². The molecule has 0 atom stereocenters. The molecule has 2 aromatic carbocycles. The second-order valence-electron chi connectivity index (χ2n) is 5.81. The number of esters is 1. The number of benzene rings is 2. The van der Waals surface area contributed by atoms with E-state index in [0.717, 1.165) is 0 Å². The molecule has 0 aliphatic carbocycles. The highest BCUT2D eigenvalue weighted by atomic mass is 16.5. The van der Waals surface area contributed by atoms with Crippen molar-refractivity contribution in [1.82, 2.24) is 10.2 Å². The van der Waals surface area contributed by atoms with Crippen molar-refractivity contribution in [2.75, 3.05) is 20.8 Å². The minimum absolute atomic E-state index is 0.105. The number of rotatable bonds is 7. The summed E-state index contributed by atoms with van der Waals surface area (Å²) in [6, 6.07) is 13.9. The Labute approximate surface area is 162 Å². The van der Waals surface area contributed by atoms with Crippen LogP contribution in [0.15, 0.2) is 48.5 Å². The molecule has 7 heteroatoms. The maximum Gasteiger partial charge on any atom is 0.357 e. The number of aromatic amines is 1. The van der Waals surface area contributed by atoms with E-state index >= 15 is 0 Å². The molecule has 0 amide bonds. The third kappa shape index (κ3) is 3.59. The van der Waals surface area contributed by atoms with Gasteiger partial charge in [-0.15, -0.1) is 0 Å². The van der Waals surface area contributed by atoms with E-state index in [4.69, 9.17) is 14.2 Å². The lowest BCUT2D eigenvalue weighted by molar-refractivity contribution is 0.0520. The van der Waals surface area contributed by atoms with Crippen molar-refractivity contribution >= 4 is 11.8 Å². The summed E-state index contributed by atoms with van der Waals surface area (Å²) in [6.45, 7) is 1.91. The lowest BCUT2D eigenvalue weighted by Crippen LogP contribution is -2.08. The van der Waals surface area contributed by atoms with E-state index in [-0.39, 0.29) is 23.8 Å². The number of aromatic nitrogens is 2. The molecular weight excluding hydrogens is 360 g/mol. The van der Waals surface area contributed by atoms with E-state index in [1.807, 2.05) is 6.07 Å². The van der Waals surface area contributed by atoms with Gasteiger partial charge in [-0.1, -0.05) is 36.4 Å². The topological polar surface area (TPSA) is 90.5 Å². The first-order valence-corrected chi connectivity index (χ1v) is 8.68. The number of hydrogen-bond donors (Lipinski definition) is 1. The van der Waals surface area contributed by atoms with E-state index in [2.05, 4.69) is 10.2 Å². The van der Waals surface area contributed by atoms with E-state index in [9.17, 15) is 9.59 Å². The van der Waals surface area contributed by atoms with Gasteiger partial charge in [0.05, 0.1) is 20.8 Å². The van der Waals surface area contributed by atoms with Crippen molar-refractivity contribution in [3.63, 3.8) is 0 Å². The van der Waals surface area contributed by atoms with Crippen molar-refractivity contribution < 1.29 is 23.8 Å². The van der Waals surface area contributed by atoms with Crippen LogP contribution in [0.5, 0.6) is 11.5 Å². The van der Waals surface area contributed by atoms with Crippen LogP contribution in [0.25, 0.3) is 11.1 Å². The van der Waals surface area contributed by atoms with E-state index in [1.165, 1.54) is 14.2 Å². The molecule has 0 fully saturated rings. The van der Waals surface area contributed by atoms with Crippen molar-refractivity contribution in [3.8, 4) is 22.6 Å². The van der Waals surface area contributed by atoms with Crippen LogP contribution in [-0.2, 0) is 4.74 Å². The molecule has 0 unspecified atom stereocenters. The Morgan fingerprint density at radius 2 is 1.71 bits per heavy atom. The highest BCUT2D eigenvalue weighted by Gasteiger charge is 2.27. The van der Waals surface area contributed by atoms with Crippen LogP contribution >= 0.6 is 0 Å². The molecule has 0 radical (unpaired) electrons. The zero-order valence-corrected chi connectivity index (χ0v) is 15.8. The summed E-state index contributed by atoms with van der Waals surface area (Å²) in [5, 5.41) is 6.78. The largest absolute Gasteiger partial charge is 0.493 e. The Kier molecular flexibility index (Phi) is 5.74. The molecule has 0 bridgehead atoms. The average Bonchev–Trinajstić information content (AvgIpc) is 3.18. The first kappa shape index (κ1) is 19.2. The molecule has 0 aliphatic heterocycles. The van der Waals surface area contributed by atoms with Gasteiger partial charge in [-0.2, -0.15) is 5.10 Å². The van der Waals surface area contributed by atoms with Crippen LogP contribution in [0.2, 0.25) is 0 Å². The summed E-state index contributed by atoms with van der Waals surface area (Å²) in [5.41, 5.74) is 1.63. The predicted octanol–water partition coefficient (Wildman–Crippen LogP) is 3.50. The van der Waals surface area contributed by atoms with Gasteiger partial charge in [-0.25, -0.2) is 4.79 Å². The van der Waals surface area contributed by atoms with Gasteiger partial charge in [0.15, 0.2) is 17.2 Å². The summed E-state index contributed by atoms with van der Waals surface area (Å²) in [6.07, 6.45) is 0. The Morgan fingerprint density at radius 1 is 1.00 bits per heavy atom. The molecular formula is C21H20N2O5. The normalized spacial score (nSPS) is 10.4. The number of carbonyl (C=O) groups is 2. The minimum atomic E-state index is -0.591. The number of nitrogens with one attached hydrogen (secondary N) is 1. The molecule has 1 N–H and O–H groups in total. The van der Waals surface area contributed by atoms with Gasteiger partial charge in [0.25, 0.3) is 0 Å². The number of H-pyrrole nitrogens is 1. The first-order valence-electron chi connectivity index (χ1n) is 8.68. The molecule has 1 heterocycles. The fourth-order valence-corrected chi connectivity index (χ4v) is 2.86. The molecule has 3 aromatic rings. The maximum absolute atomic E-state index is 13.0. The second kappa shape index (κ2) is 8.39. The Morgan fingerprint density at radius 3 is 2.36 bits per heavy atom. The highest BCUT2D eigenvalue weighted by Crippen LogP contribution is 2.35. The van der Waals surface area contributed by atoms with Crippen LogP contribution in [0.1, 0.15) is 33.5 Å². The fraction of sp³-hybridized carbons (Fsp3) is 0.190. The lowest BCUT2D eigenvalue weighted by Gasteiger charge is -2.11. The number of carbonyl (C=O) groups excluding carboxylic acids is 2. The zero-order chi connectivity index (χ0) is 20.1. The number of ketones is 1. The summed E-state index contributed by atoms with van der Waals surface area (Å²) >= 11 is 0. The predicted molar refractivity (Wildman–Crippen MR) is 103 cm³/mol. The summed E-state index contributed by atoms with van der Waals surface area (Å²) in [7, 11) is 3.04. The van der Waals surface area contributed by atoms with E-state index in [0.29, 0.717) is 28.2 Å². The van der Waals surface area contributed by atoms with Gasteiger partial charge < -0.3 is 14.2 Å². The Bertz CT molecular complexity index is 995. The third-order valence-corrected chi connectivity index (χ3v) is 4.17. The minimum Gasteiger partial charge on any atom is -0.493 e. The first-order chi connectivity index (χ1) is 13.6. The molecule has 0 saturated heterocycles. The van der Waals surface area contributed by atoms with Crippen LogP contribution in [0, 0.1) is 0 Å². The highest BCUT2D eigenvalue weighted by molar-refractivity contribution is 6.14. The number of methoxy groups -OCH3 is 2. The quantitative estimate of drug-likeness (QED) is 0.498. The number of ether oxygens (including phenoxy) is 3. The smallest absolute Gasteiger partial charge is 0.357 e. The second-order valence-corrected chi connectivity index (χ2v) is 5.81. The SMILES string of the molecule is CCOC(=O)c1[nH]nc(C(=O)c2ccccc2)c1-c1ccc(OC)c(OC)c1. The number of hydrogen-bond acceptors (Lipinski definition) is 6. The Balaban J connectivity index is 2.18. The van der Waals surface area contributed by atoms with Gasteiger partial charge in [0.1, 0.15) is 5.69 Å². The van der Waals surface area contributed by atoms with Gasteiger partial charge in [-0.05, 0) is 24.6 Å². The van der Waals surface area contributed by atoms with Crippen molar-refractivity contribution in [2.45, 2.75) is 6.92 Å². The number of nitrogens with zero attached hydrogens (tertiary/aromatic N) is 1. The van der Waals surface area contributed by atoms with Crippen molar-refractivity contribution in [3.05, 3.63) is 65.5 Å². The van der Waals surface area contributed by atoms with Crippen molar-refractivity contribution in [1.29, 1.82) is 0 Å². The molecule has 0 saturated carbocycles. The molecule has 0 aliphatic rings. The van der Waals surface area contributed by atoms with Gasteiger partial charge in [-0.3, -0.25) is 9.89 Å². The third-order valence-electron chi connectivity index (χ3n) is 4.17. The van der Waals surface area contributed by atoms with E-state index in [1.54, 1.807) is 49.4 Å². The molecule has 7 nitrogen and oxygen atoms in total. The Hall–Kier alpha value is -3.61. The monoisotopic (exact) mass is 380 g/mol. The average molecular weight is 380 g/mol. The zero-order valence-electron chi connectivity index (χ0n) is 15.8. The molecule has 1 aromatic heterocycles. The summed E-state index contributed by atoms with van der Waals surface area (Å²) < 4.78 is 15.7. The fourth-order valence-electron chi connectivity index (χ4n) is 2.86. The summed E-state index contributed by atoms with van der Waals surface area (Å²) in [4.78, 5) is 25.4. The molecule has 144 valence electrons. The maximum atomic E-state index is 13.0. The van der Waals surface area contributed by atoms with Gasteiger partial charge >= 0.3 is 5.97 Å². The lowest BCUT2D eigenvalue weighted by atomic mass is 9.97. The van der Waals surface area contributed by atoms with Crippen molar-refractivity contribution in [2.24, 2.45) is 0 Å². The van der Waals surface area contributed by atoms with Crippen LogP contribution in [-0.4, -0.2) is 42.8 Å². The van der Waals surface area contributed by atoms with Crippen LogP contribution in [0.3, 0.4) is 0 Å².